The normalized spacial score (nSPS) is 13.8. The zero-order chi connectivity index (χ0) is 22.5. The lowest BCUT2D eigenvalue weighted by Gasteiger charge is -2.28. The number of hydrogen-bond donors (Lipinski definition) is 1. The molecule has 0 aliphatic rings. The van der Waals surface area contributed by atoms with Crippen molar-refractivity contribution in [3.63, 3.8) is 0 Å². The zero-order valence-electron chi connectivity index (χ0n) is 18.1. The van der Waals surface area contributed by atoms with E-state index in [0.717, 1.165) is 11.3 Å². The summed E-state index contributed by atoms with van der Waals surface area (Å²) < 4.78 is 16.0. The first kappa shape index (κ1) is 22.9. The van der Waals surface area contributed by atoms with E-state index >= 15 is 0 Å². The summed E-state index contributed by atoms with van der Waals surface area (Å²) in [5.74, 6) is -0.00469. The molecule has 0 saturated carbocycles. The van der Waals surface area contributed by atoms with Gasteiger partial charge in [-0.05, 0) is 57.9 Å². The number of nitriles is 1. The number of carbonyl (C=O) groups excluding carboxylic acids is 2. The van der Waals surface area contributed by atoms with E-state index in [2.05, 4.69) is 16.5 Å². The van der Waals surface area contributed by atoms with Crippen LogP contribution >= 0.6 is 0 Å². The molecule has 2 atom stereocenters. The second kappa shape index (κ2) is 9.44. The summed E-state index contributed by atoms with van der Waals surface area (Å²) in [7, 11) is 0. The fraction of sp³-hybridized carbons (Fsp3) is 0.455. The smallest absolute Gasteiger partial charge is 0.338 e. The zero-order valence-corrected chi connectivity index (χ0v) is 18.1. The molecule has 1 N–H and O–H groups in total. The van der Waals surface area contributed by atoms with Gasteiger partial charge in [0.05, 0.1) is 22.9 Å². The maximum Gasteiger partial charge on any atom is 0.338 e. The molecule has 0 aliphatic carbocycles. The highest BCUT2D eigenvalue weighted by Gasteiger charge is 2.32. The predicted octanol–water partition coefficient (Wildman–Crippen LogP) is 3.47. The maximum absolute atomic E-state index is 12.3. The number of hydrogen-bond acceptors (Lipinski definition) is 7. The van der Waals surface area contributed by atoms with E-state index in [0.29, 0.717) is 18.1 Å². The molecule has 2 rings (SSSR count). The average Bonchev–Trinajstić information content (AvgIpc) is 3.03. The Balaban J connectivity index is 1.94. The largest absolute Gasteiger partial charge is 0.489 e. The Hall–Kier alpha value is -3.34. The van der Waals surface area contributed by atoms with Crippen LogP contribution in [-0.4, -0.2) is 28.7 Å². The lowest BCUT2D eigenvalue weighted by Crippen LogP contribution is -2.52. The fourth-order valence-electron chi connectivity index (χ4n) is 2.49. The van der Waals surface area contributed by atoms with Crippen LogP contribution in [-0.2, 0) is 16.1 Å². The van der Waals surface area contributed by atoms with E-state index in [9.17, 15) is 14.9 Å². The third kappa shape index (κ3) is 5.38. The Morgan fingerprint density at radius 1 is 1.23 bits per heavy atom. The van der Waals surface area contributed by atoms with Crippen molar-refractivity contribution in [2.24, 2.45) is 5.92 Å². The first-order valence-electron chi connectivity index (χ1n) is 9.66. The van der Waals surface area contributed by atoms with Crippen molar-refractivity contribution >= 4 is 11.9 Å². The number of nitrogens with one attached hydrogen (secondary N) is 1. The second-order valence-corrected chi connectivity index (χ2v) is 7.62. The summed E-state index contributed by atoms with van der Waals surface area (Å²) in [6.45, 7) is 10.7. The Kier molecular flexibility index (Phi) is 7.22. The first-order valence-corrected chi connectivity index (χ1v) is 9.66. The lowest BCUT2D eigenvalue weighted by atomic mass is 9.90. The van der Waals surface area contributed by atoms with Crippen molar-refractivity contribution in [3.05, 3.63) is 46.8 Å². The first-order chi connectivity index (χ1) is 14.1. The van der Waals surface area contributed by atoms with E-state index < -0.39 is 23.5 Å². The van der Waals surface area contributed by atoms with Gasteiger partial charge in [0.2, 0.25) is 0 Å². The van der Waals surface area contributed by atoms with Gasteiger partial charge in [0.25, 0.3) is 5.91 Å². The van der Waals surface area contributed by atoms with Crippen LogP contribution in [0.2, 0.25) is 0 Å². The number of ether oxygens (including phenoxy) is 2. The number of benzene rings is 1. The van der Waals surface area contributed by atoms with Gasteiger partial charge in [0.15, 0.2) is 6.10 Å². The minimum absolute atomic E-state index is 0.104. The quantitative estimate of drug-likeness (QED) is 0.659. The Morgan fingerprint density at radius 3 is 2.37 bits per heavy atom. The number of amides is 1. The summed E-state index contributed by atoms with van der Waals surface area (Å²) >= 11 is 0. The number of carbonyl (C=O) groups is 2. The topological polar surface area (TPSA) is 114 Å². The Morgan fingerprint density at radius 2 is 1.87 bits per heavy atom. The molecule has 160 valence electrons. The average molecular weight is 413 g/mol. The molecule has 1 heterocycles. The van der Waals surface area contributed by atoms with Gasteiger partial charge in [-0.1, -0.05) is 19.0 Å². The van der Waals surface area contributed by atoms with Gasteiger partial charge in [-0.3, -0.25) is 4.79 Å². The summed E-state index contributed by atoms with van der Waals surface area (Å²) in [4.78, 5) is 24.7. The number of aromatic nitrogens is 1. The molecule has 0 aliphatic heterocycles. The molecule has 8 nitrogen and oxygen atoms in total. The van der Waals surface area contributed by atoms with Crippen molar-refractivity contribution < 1.29 is 23.6 Å². The molecule has 0 saturated heterocycles. The van der Waals surface area contributed by atoms with Crippen LogP contribution in [0.3, 0.4) is 0 Å². The summed E-state index contributed by atoms with van der Waals surface area (Å²) in [6, 6.07) is 8.49. The SMILES string of the molecule is Cc1noc(C)c1COc1ccc(C(=O)O[C@@H](C)C(=O)N[C@](C)(C#N)C(C)C)cc1. The number of rotatable bonds is 8. The lowest BCUT2D eigenvalue weighted by molar-refractivity contribution is -0.130. The summed E-state index contributed by atoms with van der Waals surface area (Å²) in [5.41, 5.74) is 0.887. The molecule has 0 radical (unpaired) electrons. The van der Waals surface area contributed by atoms with Gasteiger partial charge < -0.3 is 19.3 Å². The molecular weight excluding hydrogens is 386 g/mol. The van der Waals surface area contributed by atoms with E-state index in [-0.39, 0.29) is 11.5 Å². The van der Waals surface area contributed by atoms with Crippen LogP contribution in [0.15, 0.2) is 28.8 Å². The summed E-state index contributed by atoms with van der Waals surface area (Å²) in [5, 5.41) is 15.8. The highest BCUT2D eigenvalue weighted by molar-refractivity contribution is 5.92. The van der Waals surface area contributed by atoms with E-state index in [1.54, 1.807) is 31.2 Å². The van der Waals surface area contributed by atoms with Crippen LogP contribution in [0.1, 0.15) is 55.1 Å². The van der Waals surface area contributed by atoms with E-state index in [1.807, 2.05) is 27.7 Å². The van der Waals surface area contributed by atoms with Crippen molar-refractivity contribution in [1.29, 1.82) is 5.26 Å². The molecule has 2 aromatic rings. The van der Waals surface area contributed by atoms with E-state index in [1.165, 1.54) is 6.92 Å². The molecule has 0 spiro atoms. The second-order valence-electron chi connectivity index (χ2n) is 7.62. The van der Waals surface area contributed by atoms with Gasteiger partial charge in [0, 0.05) is 0 Å². The van der Waals surface area contributed by atoms with Crippen LogP contribution in [0.25, 0.3) is 0 Å². The van der Waals surface area contributed by atoms with E-state index in [4.69, 9.17) is 14.0 Å². The van der Waals surface area contributed by atoms with Crippen molar-refractivity contribution in [3.8, 4) is 11.8 Å². The predicted molar refractivity (Wildman–Crippen MR) is 109 cm³/mol. The standard InChI is InChI=1S/C22H27N3O5/c1-13(2)22(6,12-23)24-20(26)16(5)29-21(27)17-7-9-18(10-8-17)28-11-19-14(3)25-30-15(19)4/h7-10,13,16H,11H2,1-6H3,(H,24,26)/t16-,22+/m0/s1. The number of nitrogens with zero attached hydrogens (tertiary/aromatic N) is 2. The minimum Gasteiger partial charge on any atom is -0.489 e. The molecular formula is C22H27N3O5. The third-order valence-electron chi connectivity index (χ3n) is 5.08. The highest BCUT2D eigenvalue weighted by Crippen LogP contribution is 2.19. The Bertz CT molecular complexity index is 923. The van der Waals surface area contributed by atoms with Crippen LogP contribution in [0.4, 0.5) is 0 Å². The van der Waals surface area contributed by atoms with Crippen LogP contribution in [0.5, 0.6) is 5.75 Å². The van der Waals surface area contributed by atoms with Crippen molar-refractivity contribution in [2.45, 2.75) is 59.8 Å². The maximum atomic E-state index is 12.3. The molecule has 8 heteroatoms. The molecule has 1 amide bonds. The molecule has 30 heavy (non-hydrogen) atoms. The van der Waals surface area contributed by atoms with Gasteiger partial charge in [-0.2, -0.15) is 5.26 Å². The molecule has 0 fully saturated rings. The van der Waals surface area contributed by atoms with Crippen LogP contribution < -0.4 is 10.1 Å². The van der Waals surface area contributed by atoms with Crippen molar-refractivity contribution in [1.82, 2.24) is 10.5 Å². The van der Waals surface area contributed by atoms with Gasteiger partial charge in [0.1, 0.15) is 23.7 Å². The van der Waals surface area contributed by atoms with Crippen LogP contribution in [0, 0.1) is 31.1 Å². The van der Waals surface area contributed by atoms with Crippen molar-refractivity contribution in [2.75, 3.05) is 0 Å². The summed E-state index contributed by atoms with van der Waals surface area (Å²) in [6.07, 6.45) is -1.04. The number of esters is 1. The third-order valence-corrected chi connectivity index (χ3v) is 5.08. The molecule has 0 bridgehead atoms. The Labute approximate surface area is 176 Å². The van der Waals surface area contributed by atoms with Gasteiger partial charge >= 0.3 is 5.97 Å². The van der Waals surface area contributed by atoms with Gasteiger partial charge in [-0.25, -0.2) is 4.79 Å². The molecule has 0 unspecified atom stereocenters. The molecule has 1 aromatic heterocycles. The van der Waals surface area contributed by atoms with Gasteiger partial charge in [-0.15, -0.1) is 0 Å². The fourth-order valence-corrected chi connectivity index (χ4v) is 2.49. The number of aryl methyl sites for hydroxylation is 2. The minimum atomic E-state index is -1.04. The molecule has 1 aromatic carbocycles. The highest BCUT2D eigenvalue weighted by atomic mass is 16.5. The monoisotopic (exact) mass is 413 g/mol.